The van der Waals surface area contributed by atoms with Gasteiger partial charge in [0.2, 0.25) is 0 Å². The van der Waals surface area contributed by atoms with E-state index in [0.29, 0.717) is 5.69 Å². The average Bonchev–Trinajstić information content (AvgIpc) is 3.13. The number of hydrogen-bond donors (Lipinski definition) is 2. The van der Waals surface area contributed by atoms with Gasteiger partial charge < -0.3 is 10.4 Å². The molecule has 0 radical (unpaired) electrons. The van der Waals surface area contributed by atoms with Crippen molar-refractivity contribution in [2.75, 3.05) is 5.32 Å². The molecule has 1 unspecified atom stereocenters. The minimum absolute atomic E-state index is 0.00893. The van der Waals surface area contributed by atoms with Gasteiger partial charge >= 0.3 is 6.18 Å². The second kappa shape index (κ2) is 7.45. The molecule has 9 heteroatoms. The normalized spacial score (nSPS) is 12.6. The molecule has 0 saturated heterocycles. The molecule has 1 atom stereocenters. The Hall–Kier alpha value is -2.78. The number of rotatable bonds is 4. The van der Waals surface area contributed by atoms with Crippen LogP contribution < -0.4 is 5.32 Å². The summed E-state index contributed by atoms with van der Waals surface area (Å²) in [6.07, 6.45) is -5.93. The van der Waals surface area contributed by atoms with Gasteiger partial charge in [-0.3, -0.25) is 4.79 Å². The van der Waals surface area contributed by atoms with Gasteiger partial charge in [-0.2, -0.15) is 13.2 Å². The lowest BCUT2D eigenvalue weighted by Crippen LogP contribution is -2.13. The van der Waals surface area contributed by atoms with Gasteiger partial charge in [-0.25, -0.2) is 9.37 Å². The number of aliphatic hydroxyl groups is 1. The van der Waals surface area contributed by atoms with E-state index < -0.39 is 29.6 Å². The number of carbonyl (C=O) groups is 1. The number of benzene rings is 2. The molecule has 3 rings (SSSR count). The Bertz CT molecular complexity index is 954. The molecular weight excluding hydrogens is 384 g/mol. The first-order valence-corrected chi connectivity index (χ1v) is 8.49. The summed E-state index contributed by atoms with van der Waals surface area (Å²) in [7, 11) is 0. The van der Waals surface area contributed by atoms with Crippen LogP contribution in [0.3, 0.4) is 0 Å². The van der Waals surface area contributed by atoms with Crippen molar-refractivity contribution in [3.8, 4) is 0 Å². The molecule has 140 valence electrons. The largest absolute Gasteiger partial charge is 0.416 e. The minimum Gasteiger partial charge on any atom is -0.381 e. The van der Waals surface area contributed by atoms with Crippen LogP contribution in [0.4, 0.5) is 23.2 Å². The number of hydrogen-bond acceptors (Lipinski definition) is 4. The molecule has 2 N–H and O–H groups in total. The topological polar surface area (TPSA) is 62.2 Å². The Morgan fingerprint density at radius 1 is 1.15 bits per heavy atom. The van der Waals surface area contributed by atoms with Crippen LogP contribution >= 0.6 is 11.3 Å². The van der Waals surface area contributed by atoms with Crippen molar-refractivity contribution in [1.29, 1.82) is 0 Å². The first kappa shape index (κ1) is 19.0. The Morgan fingerprint density at radius 2 is 1.85 bits per heavy atom. The number of halogens is 4. The fourth-order valence-corrected chi connectivity index (χ4v) is 3.08. The molecule has 4 nitrogen and oxygen atoms in total. The summed E-state index contributed by atoms with van der Waals surface area (Å²) in [6, 6.07) is 9.38. The molecule has 3 aromatic rings. The van der Waals surface area contributed by atoms with E-state index in [4.69, 9.17) is 0 Å². The predicted molar refractivity (Wildman–Crippen MR) is 92.0 cm³/mol. The third kappa shape index (κ3) is 4.50. The number of nitrogens with one attached hydrogen (secondary N) is 1. The van der Waals surface area contributed by atoms with E-state index in [-0.39, 0.29) is 16.3 Å². The highest BCUT2D eigenvalue weighted by Gasteiger charge is 2.31. The summed E-state index contributed by atoms with van der Waals surface area (Å²) >= 11 is 0.944. The maximum Gasteiger partial charge on any atom is 0.416 e. The highest BCUT2D eigenvalue weighted by atomic mass is 32.1. The lowest BCUT2D eigenvalue weighted by molar-refractivity contribution is -0.137. The second-order valence-electron chi connectivity index (χ2n) is 5.56. The van der Waals surface area contributed by atoms with Crippen molar-refractivity contribution in [2.45, 2.75) is 12.3 Å². The maximum atomic E-state index is 12.9. The standard InChI is InChI=1S/C18H12F4N2O2S/c19-12-4-6-13(7-5-12)23-16(26)14-9-27-17(24-14)15(25)10-2-1-3-11(8-10)18(20,21)22/h1-9,15,25H,(H,23,26). The summed E-state index contributed by atoms with van der Waals surface area (Å²) < 4.78 is 51.3. The minimum atomic E-state index is -4.53. The zero-order valence-corrected chi connectivity index (χ0v) is 14.3. The summed E-state index contributed by atoms with van der Waals surface area (Å²) in [6.45, 7) is 0. The third-order valence-electron chi connectivity index (χ3n) is 3.62. The van der Waals surface area contributed by atoms with Crippen LogP contribution in [-0.4, -0.2) is 16.0 Å². The smallest absolute Gasteiger partial charge is 0.381 e. The van der Waals surface area contributed by atoms with Crippen LogP contribution in [0.15, 0.2) is 53.9 Å². The molecule has 0 bridgehead atoms. The SMILES string of the molecule is O=C(Nc1ccc(F)cc1)c1csc(C(O)c2cccc(C(F)(F)F)c2)n1. The summed E-state index contributed by atoms with van der Waals surface area (Å²) in [5.74, 6) is -1.03. The molecule has 2 aromatic carbocycles. The molecule has 1 aromatic heterocycles. The van der Waals surface area contributed by atoms with Crippen LogP contribution in [0.5, 0.6) is 0 Å². The Labute approximate surface area is 155 Å². The maximum absolute atomic E-state index is 12.9. The number of alkyl halides is 3. The van der Waals surface area contributed by atoms with E-state index in [0.717, 1.165) is 23.5 Å². The zero-order valence-electron chi connectivity index (χ0n) is 13.5. The number of aliphatic hydroxyl groups excluding tert-OH is 1. The lowest BCUT2D eigenvalue weighted by atomic mass is 10.1. The van der Waals surface area contributed by atoms with Gasteiger partial charge in [0.15, 0.2) is 0 Å². The predicted octanol–water partition coefficient (Wildman–Crippen LogP) is 4.64. The Kier molecular flexibility index (Phi) is 5.24. The molecule has 0 saturated carbocycles. The van der Waals surface area contributed by atoms with E-state index in [1.165, 1.54) is 41.8 Å². The van der Waals surface area contributed by atoms with Gasteiger partial charge in [0.1, 0.15) is 22.6 Å². The molecule has 0 fully saturated rings. The monoisotopic (exact) mass is 396 g/mol. The number of aromatic nitrogens is 1. The van der Waals surface area contributed by atoms with Crippen LogP contribution in [0, 0.1) is 5.82 Å². The molecule has 1 amide bonds. The summed E-state index contributed by atoms with van der Waals surface area (Å²) in [4.78, 5) is 16.2. The Morgan fingerprint density at radius 3 is 2.52 bits per heavy atom. The van der Waals surface area contributed by atoms with Crippen molar-refractivity contribution < 1.29 is 27.5 Å². The van der Waals surface area contributed by atoms with Crippen molar-refractivity contribution in [3.05, 3.63) is 81.6 Å². The highest BCUT2D eigenvalue weighted by Crippen LogP contribution is 2.32. The van der Waals surface area contributed by atoms with Crippen molar-refractivity contribution >= 4 is 22.9 Å². The molecule has 0 aliphatic carbocycles. The molecule has 1 heterocycles. The first-order chi connectivity index (χ1) is 12.7. The van der Waals surface area contributed by atoms with E-state index in [1.54, 1.807) is 0 Å². The van der Waals surface area contributed by atoms with Gasteiger partial charge in [0.25, 0.3) is 5.91 Å². The second-order valence-corrected chi connectivity index (χ2v) is 6.45. The lowest BCUT2D eigenvalue weighted by Gasteiger charge is -2.11. The van der Waals surface area contributed by atoms with Crippen molar-refractivity contribution in [3.63, 3.8) is 0 Å². The first-order valence-electron chi connectivity index (χ1n) is 7.61. The van der Waals surface area contributed by atoms with Crippen molar-refractivity contribution in [2.24, 2.45) is 0 Å². The Balaban J connectivity index is 1.76. The van der Waals surface area contributed by atoms with E-state index in [9.17, 15) is 27.5 Å². The van der Waals surface area contributed by atoms with E-state index >= 15 is 0 Å². The number of thiazole rings is 1. The van der Waals surface area contributed by atoms with Crippen LogP contribution in [0.1, 0.15) is 32.7 Å². The van der Waals surface area contributed by atoms with Gasteiger partial charge in [0.05, 0.1) is 5.56 Å². The molecule has 0 aliphatic rings. The van der Waals surface area contributed by atoms with Gasteiger partial charge in [-0.15, -0.1) is 11.3 Å². The van der Waals surface area contributed by atoms with Gasteiger partial charge in [0, 0.05) is 11.1 Å². The zero-order chi connectivity index (χ0) is 19.6. The van der Waals surface area contributed by atoms with Gasteiger partial charge in [-0.05, 0) is 42.0 Å². The fourth-order valence-electron chi connectivity index (χ4n) is 2.27. The number of anilines is 1. The number of amides is 1. The molecular formula is C18H12F4N2O2S. The number of carbonyl (C=O) groups excluding carboxylic acids is 1. The average molecular weight is 396 g/mol. The molecule has 0 aliphatic heterocycles. The van der Waals surface area contributed by atoms with Crippen LogP contribution in [0.2, 0.25) is 0 Å². The summed E-state index contributed by atoms with van der Waals surface area (Å²) in [5, 5.41) is 14.3. The molecule has 27 heavy (non-hydrogen) atoms. The fraction of sp³-hybridized carbons (Fsp3) is 0.111. The molecule has 0 spiro atoms. The van der Waals surface area contributed by atoms with Crippen molar-refractivity contribution in [1.82, 2.24) is 4.98 Å². The van der Waals surface area contributed by atoms with Crippen LogP contribution in [0.25, 0.3) is 0 Å². The van der Waals surface area contributed by atoms with Gasteiger partial charge in [-0.1, -0.05) is 12.1 Å². The van der Waals surface area contributed by atoms with E-state index in [2.05, 4.69) is 10.3 Å². The van der Waals surface area contributed by atoms with Crippen LogP contribution in [-0.2, 0) is 6.18 Å². The quantitative estimate of drug-likeness (QED) is 0.632. The highest BCUT2D eigenvalue weighted by molar-refractivity contribution is 7.10. The number of nitrogens with zero attached hydrogens (tertiary/aromatic N) is 1. The summed E-state index contributed by atoms with van der Waals surface area (Å²) in [5.41, 5.74) is -0.519. The third-order valence-corrected chi connectivity index (χ3v) is 4.52. The van der Waals surface area contributed by atoms with E-state index in [1.807, 2.05) is 0 Å².